The summed E-state index contributed by atoms with van der Waals surface area (Å²) in [5.74, 6) is -0.976. The number of carbonyl (C=O) groups is 1. The molecule has 3 aromatic rings. The van der Waals surface area contributed by atoms with Crippen LogP contribution in [0.2, 0.25) is 10.0 Å². The molecule has 0 spiro atoms. The smallest absolute Gasteiger partial charge is 0.257 e. The van der Waals surface area contributed by atoms with Gasteiger partial charge in [-0.25, -0.2) is 4.39 Å². The first-order chi connectivity index (χ1) is 15.0. The molecule has 0 radical (unpaired) electrons. The maximum atomic E-state index is 14.3. The van der Waals surface area contributed by atoms with Gasteiger partial charge in [0, 0.05) is 23.0 Å². The van der Waals surface area contributed by atoms with Gasteiger partial charge in [-0.2, -0.15) is 0 Å². The molecule has 1 aliphatic rings. The zero-order valence-electron chi connectivity index (χ0n) is 16.5. The van der Waals surface area contributed by atoms with E-state index in [4.69, 9.17) is 28.0 Å². The predicted octanol–water partition coefficient (Wildman–Crippen LogP) is 5.97. The Morgan fingerprint density at radius 1 is 1.03 bits per heavy atom. The zero-order valence-corrected chi connectivity index (χ0v) is 18.0. The summed E-state index contributed by atoms with van der Waals surface area (Å²) in [5, 5.41) is 5.39. The van der Waals surface area contributed by atoms with E-state index >= 15 is 0 Å². The average molecular weight is 457 g/mol. The topological polar surface area (TPSA) is 41.9 Å². The van der Waals surface area contributed by atoms with Crippen LogP contribution in [0.25, 0.3) is 0 Å². The lowest BCUT2D eigenvalue weighted by atomic mass is 10.0. The first kappa shape index (κ1) is 21.3. The van der Waals surface area contributed by atoms with Crippen molar-refractivity contribution >= 4 is 34.8 Å². The summed E-state index contributed by atoms with van der Waals surface area (Å²) in [5.41, 5.74) is 2.55. The summed E-state index contributed by atoms with van der Waals surface area (Å²) in [4.78, 5) is 20.3. The van der Waals surface area contributed by atoms with Crippen LogP contribution in [-0.4, -0.2) is 29.2 Å². The summed E-state index contributed by atoms with van der Waals surface area (Å²) in [6.07, 6.45) is 0.179. The first-order valence-corrected chi connectivity index (χ1v) is 10.5. The van der Waals surface area contributed by atoms with Gasteiger partial charge in [-0.15, -0.1) is 0 Å². The van der Waals surface area contributed by atoms with E-state index in [1.807, 2.05) is 24.3 Å². The number of benzene rings is 3. The Hall–Kier alpha value is -2.89. The van der Waals surface area contributed by atoms with Gasteiger partial charge in [-0.3, -0.25) is 4.79 Å². The van der Waals surface area contributed by atoms with Crippen molar-refractivity contribution in [1.29, 1.82) is 0 Å². The molecule has 0 N–H and O–H groups in total. The Morgan fingerprint density at radius 2 is 1.81 bits per heavy atom. The summed E-state index contributed by atoms with van der Waals surface area (Å²) >= 11 is 12.1. The van der Waals surface area contributed by atoms with Crippen molar-refractivity contribution in [3.63, 3.8) is 0 Å². The number of hydrogen-bond acceptors (Lipinski definition) is 3. The zero-order chi connectivity index (χ0) is 21.8. The highest BCUT2D eigenvalue weighted by Crippen LogP contribution is 2.22. The predicted molar refractivity (Wildman–Crippen MR) is 120 cm³/mol. The number of amides is 1. The molecular weight excluding hydrogens is 438 g/mol. The van der Waals surface area contributed by atoms with E-state index in [0.717, 1.165) is 16.8 Å². The highest BCUT2D eigenvalue weighted by atomic mass is 35.5. The third kappa shape index (κ3) is 5.24. The highest BCUT2D eigenvalue weighted by Gasteiger charge is 2.28. The van der Waals surface area contributed by atoms with Crippen LogP contribution in [0, 0.1) is 5.82 Å². The Kier molecular flexibility index (Phi) is 6.54. The fourth-order valence-electron chi connectivity index (χ4n) is 3.46. The molecule has 7 heteroatoms. The van der Waals surface area contributed by atoms with Crippen LogP contribution < -0.4 is 0 Å². The van der Waals surface area contributed by atoms with Gasteiger partial charge in [0.2, 0.25) is 0 Å². The second-order valence-electron chi connectivity index (χ2n) is 7.27. The maximum absolute atomic E-state index is 14.3. The third-order valence-electron chi connectivity index (χ3n) is 4.99. The lowest BCUT2D eigenvalue weighted by Gasteiger charge is -2.25. The van der Waals surface area contributed by atoms with Crippen molar-refractivity contribution in [2.45, 2.75) is 19.1 Å². The van der Waals surface area contributed by atoms with E-state index < -0.39 is 11.7 Å². The first-order valence-electron chi connectivity index (χ1n) is 9.76. The van der Waals surface area contributed by atoms with E-state index in [1.165, 1.54) is 12.1 Å². The van der Waals surface area contributed by atoms with E-state index in [0.29, 0.717) is 16.5 Å². The van der Waals surface area contributed by atoms with Gasteiger partial charge in [0.25, 0.3) is 5.91 Å². The van der Waals surface area contributed by atoms with Crippen LogP contribution >= 0.6 is 23.2 Å². The average Bonchev–Trinajstić information content (AvgIpc) is 3.22. The monoisotopic (exact) mass is 456 g/mol. The van der Waals surface area contributed by atoms with Gasteiger partial charge < -0.3 is 9.74 Å². The van der Waals surface area contributed by atoms with Gasteiger partial charge >= 0.3 is 0 Å². The molecule has 0 aliphatic carbocycles. The third-order valence-corrected chi connectivity index (χ3v) is 5.48. The molecule has 0 aromatic heterocycles. The van der Waals surface area contributed by atoms with Crippen LogP contribution in [-0.2, 0) is 11.4 Å². The molecule has 158 valence electrons. The largest absolute Gasteiger partial charge is 0.390 e. The van der Waals surface area contributed by atoms with Crippen LogP contribution in [0.5, 0.6) is 0 Å². The van der Waals surface area contributed by atoms with Crippen LogP contribution in [0.3, 0.4) is 0 Å². The molecule has 1 aliphatic heterocycles. The van der Waals surface area contributed by atoms with Gasteiger partial charge in [-0.1, -0.05) is 64.8 Å². The quantitative estimate of drug-likeness (QED) is 0.458. The van der Waals surface area contributed by atoms with E-state index in [1.54, 1.807) is 41.3 Å². The van der Waals surface area contributed by atoms with Crippen LogP contribution in [0.1, 0.15) is 27.9 Å². The standard InChI is InChI=1S/C24H19Cl2FN2O2/c25-18-10-8-17(9-11-18)23-13-20(31-28-23)15-29(14-16-4-3-5-19(26)12-16)24(30)21-6-1-2-7-22(21)27/h1-12,20H,13-15H2/t20-/m1/s1. The molecule has 3 aromatic carbocycles. The van der Waals surface area contributed by atoms with Crippen molar-refractivity contribution in [1.82, 2.24) is 4.90 Å². The molecule has 0 saturated heterocycles. The fraction of sp³-hybridized carbons (Fsp3) is 0.167. The van der Waals surface area contributed by atoms with Crippen molar-refractivity contribution < 1.29 is 14.0 Å². The van der Waals surface area contributed by atoms with Gasteiger partial charge in [-0.05, 0) is 47.5 Å². The van der Waals surface area contributed by atoms with Gasteiger partial charge in [0.1, 0.15) is 5.82 Å². The van der Waals surface area contributed by atoms with Crippen molar-refractivity contribution in [2.24, 2.45) is 5.16 Å². The van der Waals surface area contributed by atoms with Crippen molar-refractivity contribution in [3.05, 3.63) is 105 Å². The Bertz CT molecular complexity index is 1120. The second-order valence-corrected chi connectivity index (χ2v) is 8.14. The second kappa shape index (κ2) is 9.50. The molecule has 0 saturated carbocycles. The normalized spacial score (nSPS) is 15.3. The minimum atomic E-state index is -0.561. The molecule has 4 rings (SSSR count). The minimum Gasteiger partial charge on any atom is -0.390 e. The lowest BCUT2D eigenvalue weighted by molar-refractivity contribution is 0.0402. The van der Waals surface area contributed by atoms with Crippen molar-refractivity contribution in [2.75, 3.05) is 6.54 Å². The lowest BCUT2D eigenvalue weighted by Crippen LogP contribution is -2.37. The molecule has 1 atom stereocenters. The Balaban J connectivity index is 1.53. The molecule has 31 heavy (non-hydrogen) atoms. The minimum absolute atomic E-state index is 0.0152. The molecular formula is C24H19Cl2FN2O2. The SMILES string of the molecule is O=C(c1ccccc1F)N(Cc1cccc(Cl)c1)C[C@H]1CC(c2ccc(Cl)cc2)=NO1. The number of rotatable bonds is 6. The summed E-state index contributed by atoms with van der Waals surface area (Å²) in [6, 6.07) is 20.5. The van der Waals surface area contributed by atoms with E-state index in [-0.39, 0.29) is 24.8 Å². The van der Waals surface area contributed by atoms with Gasteiger partial charge in [0.15, 0.2) is 6.10 Å². The number of hydrogen-bond donors (Lipinski definition) is 0. The van der Waals surface area contributed by atoms with Crippen LogP contribution in [0.4, 0.5) is 4.39 Å². The highest BCUT2D eigenvalue weighted by molar-refractivity contribution is 6.31. The molecule has 0 bridgehead atoms. The van der Waals surface area contributed by atoms with E-state index in [9.17, 15) is 9.18 Å². The number of oxime groups is 1. The van der Waals surface area contributed by atoms with Crippen molar-refractivity contribution in [3.8, 4) is 0 Å². The molecule has 4 nitrogen and oxygen atoms in total. The number of nitrogens with zero attached hydrogens (tertiary/aromatic N) is 2. The molecule has 0 unspecified atom stereocenters. The molecule has 0 fully saturated rings. The summed E-state index contributed by atoms with van der Waals surface area (Å²) in [6.45, 7) is 0.518. The summed E-state index contributed by atoms with van der Waals surface area (Å²) in [7, 11) is 0. The van der Waals surface area contributed by atoms with E-state index in [2.05, 4.69) is 5.16 Å². The Morgan fingerprint density at radius 3 is 2.55 bits per heavy atom. The number of halogens is 3. The van der Waals surface area contributed by atoms with Gasteiger partial charge in [0.05, 0.1) is 17.8 Å². The number of carbonyl (C=O) groups excluding carboxylic acids is 1. The summed E-state index contributed by atoms with van der Waals surface area (Å²) < 4.78 is 14.3. The van der Waals surface area contributed by atoms with Crippen LogP contribution in [0.15, 0.2) is 78.0 Å². The Labute approximate surface area is 189 Å². The molecule has 1 amide bonds. The molecule has 1 heterocycles. The maximum Gasteiger partial charge on any atom is 0.257 e. The fourth-order valence-corrected chi connectivity index (χ4v) is 3.80.